The monoisotopic (exact) mass is 344 g/mol. The summed E-state index contributed by atoms with van der Waals surface area (Å²) < 4.78 is 5.76. The first kappa shape index (κ1) is 16.0. The van der Waals surface area contributed by atoms with Crippen LogP contribution in [0.1, 0.15) is 16.8 Å². The van der Waals surface area contributed by atoms with E-state index in [0.717, 1.165) is 13.0 Å². The van der Waals surface area contributed by atoms with Crippen LogP contribution < -0.4 is 16.4 Å². The van der Waals surface area contributed by atoms with Gasteiger partial charge in [-0.15, -0.1) is 0 Å². The van der Waals surface area contributed by atoms with Crippen molar-refractivity contribution in [3.05, 3.63) is 44.5 Å². The summed E-state index contributed by atoms with van der Waals surface area (Å²) in [6.07, 6.45) is 1.13. The Kier molecular flexibility index (Phi) is 3.73. The maximum atomic E-state index is 12.7. The number of rotatable bonds is 3. The standard InChI is InChI=1S/C17H20N4O4/c1-21(2)13-12(9-5-6-25-14(9)13)20-15(22)8-3-4-10-11(7-8)19-17(24)16(23)18-10/h3-4,7,9,12-14H,5-6H2,1-2H3,(H,18,23)(H,19,24)(H,20,22)/t9-,12+,13-,14-/m1/s1. The summed E-state index contributed by atoms with van der Waals surface area (Å²) in [7, 11) is 3.97. The second-order valence-electron chi connectivity index (χ2n) is 6.91. The van der Waals surface area contributed by atoms with Gasteiger partial charge in [0.05, 0.1) is 29.2 Å². The summed E-state index contributed by atoms with van der Waals surface area (Å²) in [4.78, 5) is 42.6. The SMILES string of the molecule is CN(C)[C@@H]1[C@@H](NC(=O)c2ccc3[nH]c(=O)c(=O)[nH]c3c2)[C@H]2CCO[C@H]21. The maximum absolute atomic E-state index is 12.7. The Morgan fingerprint density at radius 3 is 2.64 bits per heavy atom. The highest BCUT2D eigenvalue weighted by atomic mass is 16.5. The predicted molar refractivity (Wildman–Crippen MR) is 91.8 cm³/mol. The molecule has 1 aromatic carbocycles. The summed E-state index contributed by atoms with van der Waals surface area (Å²) >= 11 is 0. The molecule has 8 nitrogen and oxygen atoms in total. The number of amides is 1. The minimum Gasteiger partial charge on any atom is -0.376 e. The van der Waals surface area contributed by atoms with Crippen molar-refractivity contribution in [2.24, 2.45) is 5.92 Å². The van der Waals surface area contributed by atoms with E-state index in [0.29, 0.717) is 22.5 Å². The van der Waals surface area contributed by atoms with Crippen LogP contribution in [0, 0.1) is 5.92 Å². The van der Waals surface area contributed by atoms with Gasteiger partial charge in [-0.1, -0.05) is 0 Å². The fourth-order valence-electron chi connectivity index (χ4n) is 3.97. The number of ether oxygens (including phenoxy) is 1. The number of benzene rings is 1. The van der Waals surface area contributed by atoms with Crippen LogP contribution in [0.4, 0.5) is 0 Å². The molecule has 0 spiro atoms. The summed E-state index contributed by atoms with van der Waals surface area (Å²) in [6, 6.07) is 5.03. The molecule has 1 saturated heterocycles. The van der Waals surface area contributed by atoms with Gasteiger partial charge in [0, 0.05) is 18.1 Å². The summed E-state index contributed by atoms with van der Waals surface area (Å²) in [5.74, 6) is 0.143. The minimum absolute atomic E-state index is 0.0420. The minimum atomic E-state index is -0.734. The molecule has 8 heteroatoms. The molecule has 4 atom stereocenters. The number of nitrogens with zero attached hydrogens (tertiary/aromatic N) is 1. The Morgan fingerprint density at radius 2 is 1.92 bits per heavy atom. The molecule has 3 N–H and O–H groups in total. The first-order valence-electron chi connectivity index (χ1n) is 8.31. The van der Waals surface area contributed by atoms with Gasteiger partial charge >= 0.3 is 11.1 Å². The zero-order chi connectivity index (χ0) is 17.7. The maximum Gasteiger partial charge on any atom is 0.314 e. The van der Waals surface area contributed by atoms with Gasteiger partial charge in [0.2, 0.25) is 0 Å². The Hall–Kier alpha value is -2.45. The van der Waals surface area contributed by atoms with Crippen LogP contribution in [-0.2, 0) is 4.74 Å². The number of hydrogen-bond acceptors (Lipinski definition) is 5. The third-order valence-electron chi connectivity index (χ3n) is 5.23. The molecule has 0 bridgehead atoms. The summed E-state index contributed by atoms with van der Waals surface area (Å²) in [5.41, 5.74) is -0.0877. The Morgan fingerprint density at radius 1 is 1.20 bits per heavy atom. The van der Waals surface area contributed by atoms with Gasteiger partial charge < -0.3 is 24.9 Å². The molecule has 1 amide bonds. The smallest absolute Gasteiger partial charge is 0.314 e. The third-order valence-corrected chi connectivity index (χ3v) is 5.23. The lowest BCUT2D eigenvalue weighted by atomic mass is 9.71. The number of likely N-dealkylation sites (N-methyl/N-ethyl adjacent to an activating group) is 1. The molecule has 2 aromatic rings. The first-order chi connectivity index (χ1) is 12.0. The van der Waals surface area contributed by atoms with E-state index in [4.69, 9.17) is 4.74 Å². The molecule has 1 saturated carbocycles. The number of hydrogen-bond donors (Lipinski definition) is 3. The molecule has 4 rings (SSSR count). The highest BCUT2D eigenvalue weighted by Crippen LogP contribution is 2.41. The Balaban J connectivity index is 1.58. The van der Waals surface area contributed by atoms with Crippen LogP contribution in [0.25, 0.3) is 11.0 Å². The van der Waals surface area contributed by atoms with Crippen molar-refractivity contribution in [2.45, 2.75) is 24.6 Å². The van der Waals surface area contributed by atoms with E-state index in [1.54, 1.807) is 18.2 Å². The zero-order valence-electron chi connectivity index (χ0n) is 14.0. The lowest BCUT2D eigenvalue weighted by Crippen LogP contribution is -2.69. The molecule has 1 aliphatic heterocycles. The van der Waals surface area contributed by atoms with Crippen LogP contribution in [0.2, 0.25) is 0 Å². The molecule has 2 fully saturated rings. The number of carbonyl (C=O) groups is 1. The lowest BCUT2D eigenvalue weighted by molar-refractivity contribution is -0.0664. The normalized spacial score (nSPS) is 28.0. The average molecular weight is 344 g/mol. The summed E-state index contributed by atoms with van der Waals surface area (Å²) in [6.45, 7) is 0.733. The molecule has 0 radical (unpaired) electrons. The van der Waals surface area contributed by atoms with Crippen molar-refractivity contribution in [3.63, 3.8) is 0 Å². The molecule has 25 heavy (non-hydrogen) atoms. The van der Waals surface area contributed by atoms with E-state index in [9.17, 15) is 14.4 Å². The molecular weight excluding hydrogens is 324 g/mol. The topological polar surface area (TPSA) is 107 Å². The second-order valence-corrected chi connectivity index (χ2v) is 6.91. The quantitative estimate of drug-likeness (QED) is 0.661. The van der Waals surface area contributed by atoms with E-state index < -0.39 is 11.1 Å². The van der Waals surface area contributed by atoms with Crippen LogP contribution in [0.5, 0.6) is 0 Å². The van der Waals surface area contributed by atoms with Gasteiger partial charge in [0.1, 0.15) is 0 Å². The molecule has 0 unspecified atom stereocenters. The molecule has 2 heterocycles. The largest absolute Gasteiger partial charge is 0.376 e. The number of nitrogens with one attached hydrogen (secondary N) is 3. The molecule has 1 aliphatic carbocycles. The van der Waals surface area contributed by atoms with Crippen LogP contribution >= 0.6 is 0 Å². The Bertz CT molecular complexity index is 948. The fraction of sp³-hybridized carbons (Fsp3) is 0.471. The van der Waals surface area contributed by atoms with Crippen LogP contribution in [0.3, 0.4) is 0 Å². The van der Waals surface area contributed by atoms with E-state index in [-0.39, 0.29) is 24.1 Å². The van der Waals surface area contributed by atoms with Crippen molar-refractivity contribution in [3.8, 4) is 0 Å². The van der Waals surface area contributed by atoms with Gasteiger partial charge in [0.25, 0.3) is 5.91 Å². The van der Waals surface area contributed by atoms with E-state index in [2.05, 4.69) is 20.2 Å². The highest BCUT2D eigenvalue weighted by Gasteiger charge is 2.55. The molecular formula is C17H20N4O4. The molecule has 1 aromatic heterocycles. The van der Waals surface area contributed by atoms with Gasteiger partial charge in [-0.25, -0.2) is 0 Å². The van der Waals surface area contributed by atoms with Gasteiger partial charge in [-0.05, 0) is 38.7 Å². The van der Waals surface area contributed by atoms with Gasteiger partial charge in [0.15, 0.2) is 0 Å². The van der Waals surface area contributed by atoms with Crippen LogP contribution in [-0.4, -0.2) is 59.7 Å². The highest BCUT2D eigenvalue weighted by molar-refractivity contribution is 5.97. The number of H-pyrrole nitrogens is 2. The first-order valence-corrected chi connectivity index (χ1v) is 8.31. The summed E-state index contributed by atoms with van der Waals surface area (Å²) in [5, 5.41) is 3.10. The second kappa shape index (κ2) is 5.82. The van der Waals surface area contributed by atoms with Crippen molar-refractivity contribution < 1.29 is 9.53 Å². The lowest BCUT2D eigenvalue weighted by Gasteiger charge is -2.50. The Labute approximate surface area is 143 Å². The van der Waals surface area contributed by atoms with E-state index >= 15 is 0 Å². The van der Waals surface area contributed by atoms with Crippen LogP contribution in [0.15, 0.2) is 27.8 Å². The third kappa shape index (κ3) is 2.58. The van der Waals surface area contributed by atoms with Crippen molar-refractivity contribution in [2.75, 3.05) is 20.7 Å². The number of carbonyl (C=O) groups excluding carboxylic acids is 1. The molecule has 132 valence electrons. The van der Waals surface area contributed by atoms with E-state index in [1.807, 2.05) is 14.1 Å². The van der Waals surface area contributed by atoms with Crippen molar-refractivity contribution in [1.82, 2.24) is 20.2 Å². The number of aromatic amines is 2. The fourth-order valence-corrected chi connectivity index (χ4v) is 3.97. The molecule has 2 aliphatic rings. The van der Waals surface area contributed by atoms with Crippen molar-refractivity contribution in [1.29, 1.82) is 0 Å². The number of aromatic nitrogens is 2. The van der Waals surface area contributed by atoms with E-state index in [1.165, 1.54) is 0 Å². The average Bonchev–Trinajstić information content (AvgIpc) is 2.96. The van der Waals surface area contributed by atoms with Crippen molar-refractivity contribution >= 4 is 16.9 Å². The van der Waals surface area contributed by atoms with Gasteiger partial charge in [-0.3, -0.25) is 14.4 Å². The zero-order valence-corrected chi connectivity index (χ0v) is 14.0. The predicted octanol–water partition coefficient (Wildman–Crippen LogP) is -0.336. The van der Waals surface area contributed by atoms with Gasteiger partial charge in [-0.2, -0.15) is 0 Å². The number of fused-ring (bicyclic) bond motifs is 2.